The number of para-hydroxylation sites is 1. The molecule has 1 N–H and O–H groups in total. The van der Waals surface area contributed by atoms with Gasteiger partial charge in [-0.3, -0.25) is 4.79 Å². The molecule has 1 aliphatic heterocycles. The fourth-order valence-corrected chi connectivity index (χ4v) is 2.48. The van der Waals surface area contributed by atoms with Crippen molar-refractivity contribution in [2.45, 2.75) is 6.42 Å². The maximum atomic E-state index is 13.8. The predicted molar refractivity (Wildman–Crippen MR) is 84.1 cm³/mol. The second kappa shape index (κ2) is 7.52. The molecule has 23 heavy (non-hydrogen) atoms. The van der Waals surface area contributed by atoms with Gasteiger partial charge >= 0.3 is 0 Å². The molecule has 2 aromatic rings. The summed E-state index contributed by atoms with van der Waals surface area (Å²) in [6.45, 7) is 2.85. The molecule has 1 fully saturated rings. The third-order valence-electron chi connectivity index (χ3n) is 3.60. The van der Waals surface area contributed by atoms with Crippen LogP contribution in [0.15, 0.2) is 30.5 Å². The number of hydrogen-bond acceptors (Lipinski definition) is 3. The highest BCUT2D eigenvalue weighted by Crippen LogP contribution is 2.17. The number of benzene rings is 1. The molecule has 1 aromatic heterocycles. The van der Waals surface area contributed by atoms with Crippen LogP contribution in [0.4, 0.5) is 8.78 Å². The minimum atomic E-state index is -0.721. The van der Waals surface area contributed by atoms with Crippen LogP contribution in [0.1, 0.15) is 16.9 Å². The molecule has 5 nitrogen and oxygen atoms in total. The second-order valence-electron chi connectivity index (χ2n) is 5.11. The van der Waals surface area contributed by atoms with Crippen LogP contribution in [-0.2, 0) is 0 Å². The first-order valence-electron chi connectivity index (χ1n) is 7.17. The first-order chi connectivity index (χ1) is 10.7. The number of aromatic nitrogens is 2. The Morgan fingerprint density at radius 3 is 2.61 bits per heavy atom. The molecule has 0 atom stereocenters. The van der Waals surface area contributed by atoms with Crippen LogP contribution in [0.3, 0.4) is 0 Å². The summed E-state index contributed by atoms with van der Waals surface area (Å²) in [6, 6.07) is 5.07. The topological polar surface area (TPSA) is 50.2 Å². The number of carbonyl (C=O) groups excluding carboxylic acids is 1. The highest BCUT2D eigenvalue weighted by atomic mass is 35.5. The fourth-order valence-electron chi connectivity index (χ4n) is 2.48. The van der Waals surface area contributed by atoms with Crippen molar-refractivity contribution in [3.8, 4) is 5.69 Å². The number of amides is 1. The molecular formula is C15H17ClF2N4O. The van der Waals surface area contributed by atoms with Crippen LogP contribution in [-0.4, -0.2) is 46.8 Å². The number of halogens is 3. The zero-order valence-electron chi connectivity index (χ0n) is 12.3. The van der Waals surface area contributed by atoms with E-state index in [0.29, 0.717) is 13.1 Å². The molecule has 0 aliphatic carbocycles. The first-order valence-corrected chi connectivity index (χ1v) is 7.17. The van der Waals surface area contributed by atoms with Crippen molar-refractivity contribution in [2.24, 2.45) is 0 Å². The van der Waals surface area contributed by atoms with Gasteiger partial charge in [0.15, 0.2) is 17.3 Å². The maximum Gasteiger partial charge on any atom is 0.274 e. The van der Waals surface area contributed by atoms with Gasteiger partial charge in [-0.25, -0.2) is 13.5 Å². The molecule has 0 radical (unpaired) electrons. The highest BCUT2D eigenvalue weighted by molar-refractivity contribution is 5.92. The molecule has 1 aliphatic rings. The van der Waals surface area contributed by atoms with Gasteiger partial charge in [0.1, 0.15) is 5.69 Å². The Hall–Kier alpha value is -1.99. The van der Waals surface area contributed by atoms with E-state index in [2.05, 4.69) is 10.4 Å². The SMILES string of the molecule is Cl.O=C(c1ccn(-c2c(F)cccc2F)n1)N1CCCNCC1. The Balaban J connectivity index is 0.00000192. The largest absolute Gasteiger partial charge is 0.336 e. The van der Waals surface area contributed by atoms with Crippen LogP contribution >= 0.6 is 12.4 Å². The summed E-state index contributed by atoms with van der Waals surface area (Å²) in [5, 5.41) is 7.24. The van der Waals surface area contributed by atoms with E-state index in [4.69, 9.17) is 0 Å². The van der Waals surface area contributed by atoms with Crippen molar-refractivity contribution in [1.82, 2.24) is 20.0 Å². The van der Waals surface area contributed by atoms with Gasteiger partial charge in [-0.2, -0.15) is 5.10 Å². The molecule has 0 saturated carbocycles. The Labute approximate surface area is 138 Å². The van der Waals surface area contributed by atoms with E-state index in [1.807, 2.05) is 0 Å². The van der Waals surface area contributed by atoms with Gasteiger partial charge in [0, 0.05) is 25.8 Å². The zero-order chi connectivity index (χ0) is 15.5. The molecule has 2 heterocycles. The number of hydrogen-bond donors (Lipinski definition) is 1. The van der Waals surface area contributed by atoms with Gasteiger partial charge in [0.2, 0.25) is 0 Å². The fraction of sp³-hybridized carbons (Fsp3) is 0.333. The smallest absolute Gasteiger partial charge is 0.274 e. The average Bonchev–Trinajstić information content (AvgIpc) is 2.81. The first kappa shape index (κ1) is 17.4. The van der Waals surface area contributed by atoms with E-state index in [0.717, 1.165) is 36.3 Å². The molecule has 1 aromatic carbocycles. The molecule has 8 heteroatoms. The van der Waals surface area contributed by atoms with Crippen LogP contribution in [0.25, 0.3) is 5.69 Å². The van der Waals surface area contributed by atoms with E-state index in [9.17, 15) is 13.6 Å². The van der Waals surface area contributed by atoms with Gasteiger partial charge < -0.3 is 10.2 Å². The van der Waals surface area contributed by atoms with Crippen LogP contribution in [0, 0.1) is 11.6 Å². The van der Waals surface area contributed by atoms with Gasteiger partial charge in [0.05, 0.1) is 0 Å². The molecule has 0 unspecified atom stereocenters. The van der Waals surface area contributed by atoms with E-state index < -0.39 is 11.6 Å². The lowest BCUT2D eigenvalue weighted by Gasteiger charge is -2.18. The number of nitrogens with one attached hydrogen (secondary N) is 1. The van der Waals surface area contributed by atoms with E-state index >= 15 is 0 Å². The zero-order valence-corrected chi connectivity index (χ0v) is 13.2. The second-order valence-corrected chi connectivity index (χ2v) is 5.11. The molecule has 0 bridgehead atoms. The van der Waals surface area contributed by atoms with Crippen molar-refractivity contribution in [1.29, 1.82) is 0 Å². The Bertz CT molecular complexity index is 664. The molecule has 1 saturated heterocycles. The Morgan fingerprint density at radius 1 is 1.13 bits per heavy atom. The predicted octanol–water partition coefficient (Wildman–Crippen LogP) is 2.01. The number of nitrogens with zero attached hydrogens (tertiary/aromatic N) is 3. The average molecular weight is 343 g/mol. The van der Waals surface area contributed by atoms with Gasteiger partial charge in [0.25, 0.3) is 5.91 Å². The lowest BCUT2D eigenvalue weighted by molar-refractivity contribution is 0.0760. The molecular weight excluding hydrogens is 326 g/mol. The van der Waals surface area contributed by atoms with Crippen LogP contribution in [0.5, 0.6) is 0 Å². The van der Waals surface area contributed by atoms with E-state index in [1.54, 1.807) is 4.90 Å². The number of rotatable bonds is 2. The third-order valence-corrected chi connectivity index (χ3v) is 3.60. The summed E-state index contributed by atoms with van der Waals surface area (Å²) in [6.07, 6.45) is 2.26. The Kier molecular flexibility index (Phi) is 5.68. The van der Waals surface area contributed by atoms with Crippen molar-refractivity contribution in [3.05, 3.63) is 47.8 Å². The lowest BCUT2D eigenvalue weighted by Crippen LogP contribution is -2.34. The molecule has 3 rings (SSSR count). The van der Waals surface area contributed by atoms with E-state index in [1.165, 1.54) is 18.3 Å². The third kappa shape index (κ3) is 3.68. The maximum absolute atomic E-state index is 13.8. The molecule has 124 valence electrons. The highest BCUT2D eigenvalue weighted by Gasteiger charge is 2.20. The molecule has 0 spiro atoms. The summed E-state index contributed by atoms with van der Waals surface area (Å²) < 4.78 is 28.6. The monoisotopic (exact) mass is 342 g/mol. The van der Waals surface area contributed by atoms with Crippen LogP contribution < -0.4 is 5.32 Å². The van der Waals surface area contributed by atoms with Gasteiger partial charge in [-0.05, 0) is 31.2 Å². The number of carbonyl (C=O) groups is 1. The van der Waals surface area contributed by atoms with Gasteiger partial charge in [-0.1, -0.05) is 6.07 Å². The lowest BCUT2D eigenvalue weighted by atomic mass is 10.3. The van der Waals surface area contributed by atoms with E-state index in [-0.39, 0.29) is 29.7 Å². The summed E-state index contributed by atoms with van der Waals surface area (Å²) in [5.41, 5.74) is -0.0939. The standard InChI is InChI=1S/C15H16F2N4O.ClH/c16-11-3-1-4-12(17)14(11)21-9-5-13(19-21)15(22)20-8-2-6-18-7-10-20;/h1,3-5,9,18H,2,6-8,10H2;1H. The minimum Gasteiger partial charge on any atom is -0.336 e. The normalized spacial score (nSPS) is 15.0. The van der Waals surface area contributed by atoms with Crippen molar-refractivity contribution >= 4 is 18.3 Å². The Morgan fingerprint density at radius 2 is 1.87 bits per heavy atom. The van der Waals surface area contributed by atoms with Crippen molar-refractivity contribution < 1.29 is 13.6 Å². The van der Waals surface area contributed by atoms with Crippen molar-refractivity contribution in [2.75, 3.05) is 26.2 Å². The summed E-state index contributed by atoms with van der Waals surface area (Å²) >= 11 is 0. The summed E-state index contributed by atoms with van der Waals surface area (Å²) in [4.78, 5) is 14.1. The van der Waals surface area contributed by atoms with Crippen LogP contribution in [0.2, 0.25) is 0 Å². The van der Waals surface area contributed by atoms with Gasteiger partial charge in [-0.15, -0.1) is 12.4 Å². The summed E-state index contributed by atoms with van der Waals surface area (Å²) in [7, 11) is 0. The molecule has 1 amide bonds. The minimum absolute atomic E-state index is 0. The summed E-state index contributed by atoms with van der Waals surface area (Å²) in [5.74, 6) is -1.67. The quantitative estimate of drug-likeness (QED) is 0.908. The van der Waals surface area contributed by atoms with Crippen molar-refractivity contribution in [3.63, 3.8) is 0 Å².